The van der Waals surface area contributed by atoms with Crippen molar-refractivity contribution < 1.29 is 23.2 Å². The molecule has 3 amide bonds. The highest BCUT2D eigenvalue weighted by atomic mass is 19.3. The topological polar surface area (TPSA) is 71.4 Å². The molecule has 114 valence electrons. The Hall–Kier alpha value is -2.25. The summed E-state index contributed by atoms with van der Waals surface area (Å²) in [6.45, 7) is 0.834. The molecule has 0 bridgehead atoms. The number of hydrogen-bond acceptors (Lipinski definition) is 3. The molecule has 0 aliphatic carbocycles. The van der Waals surface area contributed by atoms with Crippen LogP contribution in [-0.2, 0) is 16.1 Å². The lowest BCUT2D eigenvalue weighted by atomic mass is 10.1. The van der Waals surface area contributed by atoms with Crippen LogP contribution in [0.2, 0.25) is 0 Å². The highest BCUT2D eigenvalue weighted by Crippen LogP contribution is 2.15. The molecule has 21 heavy (non-hydrogen) atoms. The van der Waals surface area contributed by atoms with Crippen LogP contribution in [-0.4, -0.2) is 46.2 Å². The lowest BCUT2D eigenvalue weighted by Crippen LogP contribution is -2.59. The molecule has 1 saturated heterocycles. The van der Waals surface area contributed by atoms with Crippen molar-refractivity contribution in [1.29, 1.82) is 0 Å². The first-order valence-electron chi connectivity index (χ1n) is 6.52. The van der Waals surface area contributed by atoms with Crippen LogP contribution < -0.4 is 5.32 Å². The maximum Gasteiger partial charge on any atom is 0.271 e. The van der Waals surface area contributed by atoms with Crippen LogP contribution in [0.4, 0.5) is 8.78 Å². The number of rotatable bonds is 4. The van der Waals surface area contributed by atoms with Crippen molar-refractivity contribution >= 4 is 17.7 Å². The van der Waals surface area contributed by atoms with Crippen LogP contribution >= 0.6 is 0 Å². The largest absolute Gasteiger partial charge is 0.338 e. The number of hydrogen-bond donors (Lipinski definition) is 1. The summed E-state index contributed by atoms with van der Waals surface area (Å²) >= 11 is 0. The molecule has 0 aromatic carbocycles. The van der Waals surface area contributed by atoms with Gasteiger partial charge in [0.25, 0.3) is 12.3 Å². The molecule has 1 atom stereocenters. The SMILES string of the molecule is CCC1C(=O)NC(=O)CN1C(=O)c1cccn1CC(F)F. The van der Waals surface area contributed by atoms with Gasteiger partial charge in [0.2, 0.25) is 11.8 Å². The number of amides is 3. The fraction of sp³-hybridized carbons (Fsp3) is 0.462. The molecule has 0 spiro atoms. The van der Waals surface area contributed by atoms with Gasteiger partial charge in [-0.2, -0.15) is 0 Å². The first-order chi connectivity index (χ1) is 9.93. The molecule has 1 aliphatic heterocycles. The fourth-order valence-corrected chi connectivity index (χ4v) is 2.35. The Bertz CT molecular complexity index is 571. The first-order valence-corrected chi connectivity index (χ1v) is 6.52. The van der Waals surface area contributed by atoms with Crippen molar-refractivity contribution in [3.8, 4) is 0 Å². The van der Waals surface area contributed by atoms with Gasteiger partial charge in [-0.25, -0.2) is 8.78 Å². The molecule has 1 aromatic heterocycles. The lowest BCUT2D eigenvalue weighted by molar-refractivity contribution is -0.138. The molecular weight excluding hydrogens is 284 g/mol. The van der Waals surface area contributed by atoms with Crippen molar-refractivity contribution in [2.24, 2.45) is 0 Å². The minimum atomic E-state index is -2.60. The highest BCUT2D eigenvalue weighted by molar-refractivity contribution is 6.06. The van der Waals surface area contributed by atoms with E-state index in [1.54, 1.807) is 6.92 Å². The van der Waals surface area contributed by atoms with Gasteiger partial charge < -0.3 is 9.47 Å². The number of nitrogens with one attached hydrogen (secondary N) is 1. The van der Waals surface area contributed by atoms with Crippen LogP contribution in [0.1, 0.15) is 23.8 Å². The van der Waals surface area contributed by atoms with Gasteiger partial charge in [0, 0.05) is 6.20 Å². The quantitative estimate of drug-likeness (QED) is 0.829. The predicted octanol–water partition coefficient (Wildman–Crippen LogP) is 0.630. The van der Waals surface area contributed by atoms with E-state index in [4.69, 9.17) is 0 Å². The number of carbonyl (C=O) groups is 3. The van der Waals surface area contributed by atoms with Crippen molar-refractivity contribution in [3.63, 3.8) is 0 Å². The van der Waals surface area contributed by atoms with E-state index in [1.807, 2.05) is 0 Å². The number of nitrogens with zero attached hydrogens (tertiary/aromatic N) is 2. The number of alkyl halides is 2. The first kappa shape index (κ1) is 15.1. The second-order valence-corrected chi connectivity index (χ2v) is 4.71. The average molecular weight is 299 g/mol. The summed E-state index contributed by atoms with van der Waals surface area (Å²) in [5.74, 6) is -1.73. The molecule has 1 N–H and O–H groups in total. The van der Waals surface area contributed by atoms with E-state index in [2.05, 4.69) is 5.32 Å². The number of imide groups is 1. The van der Waals surface area contributed by atoms with Crippen LogP contribution in [0, 0.1) is 0 Å². The minimum Gasteiger partial charge on any atom is -0.338 e. The lowest BCUT2D eigenvalue weighted by Gasteiger charge is -2.33. The fourth-order valence-electron chi connectivity index (χ4n) is 2.35. The maximum atomic E-state index is 12.5. The summed E-state index contributed by atoms with van der Waals surface area (Å²) < 4.78 is 26.1. The summed E-state index contributed by atoms with van der Waals surface area (Å²) in [5.41, 5.74) is 0.0382. The Kier molecular flexibility index (Phi) is 4.35. The van der Waals surface area contributed by atoms with Gasteiger partial charge in [-0.15, -0.1) is 0 Å². The van der Waals surface area contributed by atoms with Crippen molar-refractivity contribution in [2.45, 2.75) is 32.4 Å². The van der Waals surface area contributed by atoms with Gasteiger partial charge >= 0.3 is 0 Å². The zero-order valence-electron chi connectivity index (χ0n) is 11.4. The third-order valence-corrected chi connectivity index (χ3v) is 3.29. The van der Waals surface area contributed by atoms with Gasteiger partial charge in [-0.3, -0.25) is 19.7 Å². The van der Waals surface area contributed by atoms with E-state index in [1.165, 1.54) is 18.3 Å². The Morgan fingerprint density at radius 2 is 2.19 bits per heavy atom. The van der Waals surface area contributed by atoms with Gasteiger partial charge in [-0.1, -0.05) is 6.92 Å². The predicted molar refractivity (Wildman–Crippen MR) is 68.7 cm³/mol. The Labute approximate surface area is 119 Å². The van der Waals surface area contributed by atoms with Gasteiger partial charge in [-0.05, 0) is 18.6 Å². The molecule has 0 radical (unpaired) electrons. The molecule has 1 unspecified atom stereocenters. The molecule has 1 aliphatic rings. The molecule has 1 fully saturated rings. The van der Waals surface area contributed by atoms with Gasteiger partial charge in [0.1, 0.15) is 18.3 Å². The van der Waals surface area contributed by atoms with Crippen LogP contribution in [0.3, 0.4) is 0 Å². The molecular formula is C13H15F2N3O3. The third kappa shape index (κ3) is 3.09. The highest BCUT2D eigenvalue weighted by Gasteiger charge is 2.36. The van der Waals surface area contributed by atoms with E-state index in [-0.39, 0.29) is 12.2 Å². The van der Waals surface area contributed by atoms with E-state index < -0.39 is 36.7 Å². The average Bonchev–Trinajstić information content (AvgIpc) is 2.84. The Balaban J connectivity index is 2.27. The molecule has 1 aromatic rings. The molecule has 8 heteroatoms. The summed E-state index contributed by atoms with van der Waals surface area (Å²) in [7, 11) is 0. The summed E-state index contributed by atoms with van der Waals surface area (Å²) in [6, 6.07) is 2.10. The van der Waals surface area contributed by atoms with E-state index in [0.717, 1.165) is 9.47 Å². The van der Waals surface area contributed by atoms with Crippen molar-refractivity contribution in [3.05, 3.63) is 24.0 Å². The van der Waals surface area contributed by atoms with E-state index in [9.17, 15) is 23.2 Å². The molecule has 0 saturated carbocycles. The number of carbonyl (C=O) groups excluding carboxylic acids is 3. The Morgan fingerprint density at radius 1 is 1.48 bits per heavy atom. The zero-order valence-corrected chi connectivity index (χ0v) is 11.4. The molecule has 2 heterocycles. The van der Waals surface area contributed by atoms with E-state index in [0.29, 0.717) is 6.42 Å². The van der Waals surface area contributed by atoms with Crippen LogP contribution in [0.15, 0.2) is 18.3 Å². The van der Waals surface area contributed by atoms with Crippen molar-refractivity contribution in [2.75, 3.05) is 6.54 Å². The summed E-state index contributed by atoms with van der Waals surface area (Å²) in [4.78, 5) is 36.7. The molecule has 6 nitrogen and oxygen atoms in total. The standard InChI is InChI=1S/C13H15F2N3O3/c1-2-8-12(20)16-11(19)7-18(8)13(21)9-4-3-5-17(9)6-10(14)15/h3-5,8,10H,2,6-7H2,1H3,(H,16,19,20). The summed E-state index contributed by atoms with van der Waals surface area (Å²) in [6.07, 6.45) is -0.899. The van der Waals surface area contributed by atoms with Gasteiger partial charge in [0.05, 0.1) is 6.54 Å². The number of halogens is 2. The second kappa shape index (κ2) is 6.02. The number of aromatic nitrogens is 1. The second-order valence-electron chi connectivity index (χ2n) is 4.71. The smallest absolute Gasteiger partial charge is 0.271 e. The Morgan fingerprint density at radius 3 is 2.81 bits per heavy atom. The van der Waals surface area contributed by atoms with Crippen molar-refractivity contribution in [1.82, 2.24) is 14.8 Å². The maximum absolute atomic E-state index is 12.5. The normalized spacial score (nSPS) is 19.0. The van der Waals surface area contributed by atoms with Crippen LogP contribution in [0.25, 0.3) is 0 Å². The molecule has 2 rings (SSSR count). The zero-order chi connectivity index (χ0) is 15.6. The van der Waals surface area contributed by atoms with Gasteiger partial charge in [0.15, 0.2) is 0 Å². The minimum absolute atomic E-state index is 0.0382. The van der Waals surface area contributed by atoms with Crippen LogP contribution in [0.5, 0.6) is 0 Å². The number of piperazine rings is 1. The third-order valence-electron chi connectivity index (χ3n) is 3.29. The van der Waals surface area contributed by atoms with E-state index >= 15 is 0 Å². The summed E-state index contributed by atoms with van der Waals surface area (Å²) in [5, 5.41) is 2.16. The monoisotopic (exact) mass is 299 g/mol.